The molecule has 0 unspecified atom stereocenters. The van der Waals surface area contributed by atoms with Crippen LogP contribution in [-0.2, 0) is 12.8 Å². The van der Waals surface area contributed by atoms with E-state index in [0.717, 1.165) is 79.8 Å². The van der Waals surface area contributed by atoms with E-state index in [2.05, 4.69) is 62.7 Å². The molecule has 0 atom stereocenters. The Hall–Kier alpha value is -2.08. The molecule has 0 bridgehead atoms. The van der Waals surface area contributed by atoms with Crippen molar-refractivity contribution in [3.63, 3.8) is 0 Å². The largest absolute Gasteiger partial charge is 0.492 e. The number of thiophene rings is 4. The quantitative estimate of drug-likeness (QED) is 0.0378. The monoisotopic (exact) mass is 950 g/mol. The minimum atomic E-state index is 0.750. The molecule has 4 nitrogen and oxygen atoms in total. The third-order valence-corrected chi connectivity index (χ3v) is 18.7. The highest BCUT2D eigenvalue weighted by Gasteiger charge is 2.24. The van der Waals surface area contributed by atoms with Crippen LogP contribution in [0.3, 0.4) is 0 Å². The molecular weight excluding hydrogens is 877 g/mol. The number of rotatable bonds is 34. The lowest BCUT2D eigenvalue weighted by Gasteiger charge is -2.06. The summed E-state index contributed by atoms with van der Waals surface area (Å²) in [6.45, 7) is 10.7. The maximum Gasteiger partial charge on any atom is 0.155 e. The Kier molecular flexibility index (Phi) is 22.3. The molecule has 0 saturated carbocycles. The van der Waals surface area contributed by atoms with Gasteiger partial charge in [-0.05, 0) is 72.5 Å². The summed E-state index contributed by atoms with van der Waals surface area (Å²) in [4.78, 5) is 20.4. The van der Waals surface area contributed by atoms with Gasteiger partial charge in [0.2, 0.25) is 0 Å². The van der Waals surface area contributed by atoms with Crippen LogP contribution in [0, 0.1) is 0 Å². The zero-order valence-electron chi connectivity index (χ0n) is 38.4. The van der Waals surface area contributed by atoms with Crippen molar-refractivity contribution in [3.05, 3.63) is 46.2 Å². The van der Waals surface area contributed by atoms with Gasteiger partial charge in [0.15, 0.2) is 9.66 Å². The first-order valence-electron chi connectivity index (χ1n) is 24.6. The number of unbranched alkanes of at least 4 members (excludes halogenated alkanes) is 20. The van der Waals surface area contributed by atoms with Gasteiger partial charge in [-0.25, -0.2) is 9.97 Å². The molecule has 6 aromatic rings. The highest BCUT2D eigenvalue weighted by Crippen LogP contribution is 2.51. The molecule has 0 spiro atoms. The highest BCUT2D eigenvalue weighted by atomic mass is 32.1. The predicted molar refractivity (Wildman–Crippen MR) is 280 cm³/mol. The van der Waals surface area contributed by atoms with Crippen molar-refractivity contribution in [2.45, 2.75) is 195 Å². The van der Waals surface area contributed by atoms with Crippen LogP contribution in [0.2, 0.25) is 0 Å². The minimum Gasteiger partial charge on any atom is -0.492 e. The highest BCUT2D eigenvalue weighted by molar-refractivity contribution is 7.33. The van der Waals surface area contributed by atoms with Gasteiger partial charge in [0.25, 0.3) is 0 Å². The van der Waals surface area contributed by atoms with Crippen molar-refractivity contribution in [2.24, 2.45) is 0 Å². The second-order valence-electron chi connectivity index (χ2n) is 17.1. The number of ether oxygens (including phenoxy) is 2. The average Bonchev–Trinajstić information content (AvgIpc) is 4.14. The van der Waals surface area contributed by atoms with Gasteiger partial charge in [-0.15, -0.1) is 45.3 Å². The molecule has 0 aliphatic carbocycles. The standard InChI is InChI=1S/C52H74N2O2S6/c1-5-9-13-17-21-25-29-39-31-35-57-45(39)43-37-41(55-33-27-23-19-15-11-7-3)47(59-43)49-53-51-52(61-49)54-50(62-51)48-42(56-34-28-24-20-16-12-8-4)38-44(60-48)46-40(32-36-58-46)30-26-22-18-14-10-6-2/h31-32,35-38H,5-30,33-34H2,1-4H3. The van der Waals surface area contributed by atoms with Gasteiger partial charge in [-0.3, -0.25) is 0 Å². The fraction of sp³-hybridized carbons (Fsp3) is 0.615. The third kappa shape index (κ3) is 15.0. The fourth-order valence-electron chi connectivity index (χ4n) is 8.14. The lowest BCUT2D eigenvalue weighted by atomic mass is 10.1. The molecule has 0 radical (unpaired) electrons. The molecule has 0 fully saturated rings. The van der Waals surface area contributed by atoms with Crippen molar-refractivity contribution >= 4 is 77.7 Å². The summed E-state index contributed by atoms with van der Waals surface area (Å²) in [5.41, 5.74) is 2.96. The Morgan fingerprint density at radius 3 is 1.15 bits per heavy atom. The second-order valence-corrected chi connectivity index (χ2v) is 23.0. The number of hydrogen-bond donors (Lipinski definition) is 0. The van der Waals surface area contributed by atoms with Crippen LogP contribution in [0.1, 0.15) is 193 Å². The normalized spacial score (nSPS) is 11.7. The maximum atomic E-state index is 6.65. The molecule has 6 aromatic heterocycles. The number of hydrogen-bond acceptors (Lipinski definition) is 10. The SMILES string of the molecule is CCCCCCCCOc1cc(-c2sccc2CCCCCCCC)sc1-c1nc2sc(-c3sc(-c4sccc4CCCCCCCC)cc3OCCCCCCCC)nc2s1. The maximum absolute atomic E-state index is 6.65. The fourth-order valence-corrected chi connectivity index (χ4v) is 14.8. The van der Waals surface area contributed by atoms with Gasteiger partial charge in [0, 0.05) is 31.6 Å². The van der Waals surface area contributed by atoms with E-state index in [0.29, 0.717) is 0 Å². The lowest BCUT2D eigenvalue weighted by Crippen LogP contribution is -1.97. The van der Waals surface area contributed by atoms with Crippen molar-refractivity contribution < 1.29 is 9.47 Å². The van der Waals surface area contributed by atoms with E-state index in [9.17, 15) is 0 Å². The Bertz CT molecular complexity index is 1940. The van der Waals surface area contributed by atoms with Crippen LogP contribution >= 0.6 is 68.0 Å². The van der Waals surface area contributed by atoms with Crippen LogP contribution < -0.4 is 9.47 Å². The number of nitrogens with zero attached hydrogens (tertiary/aromatic N) is 2. The molecule has 10 heteroatoms. The smallest absolute Gasteiger partial charge is 0.155 e. The van der Waals surface area contributed by atoms with E-state index in [4.69, 9.17) is 19.4 Å². The van der Waals surface area contributed by atoms with Gasteiger partial charge >= 0.3 is 0 Å². The van der Waals surface area contributed by atoms with Crippen molar-refractivity contribution in [1.82, 2.24) is 9.97 Å². The molecule has 62 heavy (non-hydrogen) atoms. The number of aryl methyl sites for hydroxylation is 2. The Morgan fingerprint density at radius 2 is 0.758 bits per heavy atom. The molecular formula is C52H74N2O2S6. The summed E-state index contributed by atoms with van der Waals surface area (Å²) in [6, 6.07) is 9.33. The number of fused-ring (bicyclic) bond motifs is 1. The summed E-state index contributed by atoms with van der Waals surface area (Å²) in [6.07, 6.45) is 33.2. The predicted octanol–water partition coefficient (Wildman–Crippen LogP) is 20.0. The Balaban J connectivity index is 1.22. The van der Waals surface area contributed by atoms with Crippen molar-refractivity contribution in [2.75, 3.05) is 13.2 Å². The van der Waals surface area contributed by atoms with Gasteiger partial charge < -0.3 is 9.47 Å². The first-order valence-corrected chi connectivity index (χ1v) is 29.6. The van der Waals surface area contributed by atoms with Gasteiger partial charge in [0.1, 0.15) is 31.3 Å². The summed E-state index contributed by atoms with van der Waals surface area (Å²) >= 11 is 10.9. The average molecular weight is 952 g/mol. The summed E-state index contributed by atoms with van der Waals surface area (Å²) in [5.74, 6) is 1.97. The molecule has 0 N–H and O–H groups in total. The van der Waals surface area contributed by atoms with Gasteiger partial charge in [-0.1, -0.05) is 179 Å². The van der Waals surface area contributed by atoms with Gasteiger partial charge in [0.05, 0.1) is 13.2 Å². The lowest BCUT2D eigenvalue weighted by molar-refractivity contribution is 0.306. The van der Waals surface area contributed by atoms with E-state index in [-0.39, 0.29) is 0 Å². The molecule has 0 saturated heterocycles. The third-order valence-electron chi connectivity index (χ3n) is 11.8. The van der Waals surface area contributed by atoms with Crippen molar-refractivity contribution in [3.8, 4) is 50.8 Å². The van der Waals surface area contributed by atoms with Crippen LogP contribution in [0.25, 0.3) is 48.9 Å². The molecule has 0 aromatic carbocycles. The Morgan fingerprint density at radius 1 is 0.403 bits per heavy atom. The van der Waals surface area contributed by atoms with Crippen LogP contribution in [0.15, 0.2) is 35.0 Å². The zero-order valence-corrected chi connectivity index (χ0v) is 43.3. The van der Waals surface area contributed by atoms with E-state index in [1.807, 2.05) is 45.3 Å². The summed E-state index contributed by atoms with van der Waals surface area (Å²) in [5, 5.41) is 6.61. The number of thiazole rings is 2. The molecule has 6 rings (SSSR count). The summed E-state index contributed by atoms with van der Waals surface area (Å²) < 4.78 is 13.3. The number of aromatic nitrogens is 2. The van der Waals surface area contributed by atoms with Crippen LogP contribution in [0.5, 0.6) is 11.5 Å². The molecule has 0 aliphatic heterocycles. The molecule has 340 valence electrons. The zero-order chi connectivity index (χ0) is 43.2. The van der Waals surface area contributed by atoms with E-state index >= 15 is 0 Å². The molecule has 0 aliphatic rings. The summed E-state index contributed by atoms with van der Waals surface area (Å²) in [7, 11) is 0. The van der Waals surface area contributed by atoms with Gasteiger partial charge in [-0.2, -0.15) is 0 Å². The van der Waals surface area contributed by atoms with Crippen LogP contribution in [0.4, 0.5) is 0 Å². The van der Waals surface area contributed by atoms with Crippen LogP contribution in [-0.4, -0.2) is 23.2 Å². The topological polar surface area (TPSA) is 44.2 Å². The van der Waals surface area contributed by atoms with E-state index in [1.54, 1.807) is 22.7 Å². The second kappa shape index (κ2) is 28.1. The first kappa shape index (κ1) is 49.4. The Labute approximate surface area is 399 Å². The van der Waals surface area contributed by atoms with E-state index < -0.39 is 0 Å². The first-order chi connectivity index (χ1) is 30.6. The molecule has 6 heterocycles. The van der Waals surface area contributed by atoms with E-state index in [1.165, 1.54) is 172 Å². The van der Waals surface area contributed by atoms with Crippen molar-refractivity contribution in [1.29, 1.82) is 0 Å². The minimum absolute atomic E-state index is 0.750. The molecule has 0 amide bonds.